The minimum Gasteiger partial charge on any atom is -0.292 e. The van der Waals surface area contributed by atoms with Gasteiger partial charge in [0.25, 0.3) is 0 Å². The molecule has 0 spiro atoms. The monoisotopic (exact) mass is 472 g/mol. The lowest BCUT2D eigenvalue weighted by molar-refractivity contribution is 0.0987. The molecule has 0 radical (unpaired) electrons. The summed E-state index contributed by atoms with van der Waals surface area (Å²) in [4.78, 5) is 28.5. The highest BCUT2D eigenvalue weighted by molar-refractivity contribution is 7.92. The number of aliphatic imine (C=N–C) groups is 1. The van der Waals surface area contributed by atoms with Crippen molar-refractivity contribution in [3.05, 3.63) is 64.8 Å². The van der Waals surface area contributed by atoms with Gasteiger partial charge in [-0.25, -0.2) is 22.2 Å². The fourth-order valence-corrected chi connectivity index (χ4v) is 6.59. The number of amidine groups is 1. The maximum absolute atomic E-state index is 14.9. The van der Waals surface area contributed by atoms with Crippen LogP contribution in [0.25, 0.3) is 4.85 Å². The predicted molar refractivity (Wildman–Crippen MR) is 120 cm³/mol. The van der Waals surface area contributed by atoms with Gasteiger partial charge in [-0.15, -0.1) is 0 Å². The van der Waals surface area contributed by atoms with Crippen LogP contribution in [0.1, 0.15) is 41.6 Å². The van der Waals surface area contributed by atoms with E-state index in [-0.39, 0.29) is 35.0 Å². The molecule has 0 aromatic carbocycles. The van der Waals surface area contributed by atoms with Crippen molar-refractivity contribution in [3.63, 3.8) is 0 Å². The first-order valence-corrected chi connectivity index (χ1v) is 12.1. The summed E-state index contributed by atoms with van der Waals surface area (Å²) in [5.74, 6) is -1.15. The average Bonchev–Trinajstić information content (AvgIpc) is 3.01. The Bertz CT molecular complexity index is 1280. The van der Waals surface area contributed by atoms with E-state index < -0.39 is 27.9 Å². The van der Waals surface area contributed by atoms with Gasteiger partial charge in [0.15, 0.2) is 5.78 Å². The topological polar surface area (TPSA) is 92.2 Å². The van der Waals surface area contributed by atoms with Crippen molar-refractivity contribution in [1.29, 1.82) is 0 Å². The molecule has 2 aliphatic heterocycles. The van der Waals surface area contributed by atoms with Gasteiger partial charge >= 0.3 is 0 Å². The molecule has 0 unspecified atom stereocenters. The Kier molecular flexibility index (Phi) is 6.21. The van der Waals surface area contributed by atoms with Crippen LogP contribution in [-0.4, -0.2) is 55.6 Å². The average molecular weight is 473 g/mol. The smallest absolute Gasteiger partial charge is 0.205 e. The molecule has 4 rings (SSSR count). The zero-order chi connectivity index (χ0) is 23.6. The number of fused-ring (bicyclic) bond motifs is 1. The molecular weight excluding hydrogens is 450 g/mol. The molecular formula is C22H22F2N6O2S. The lowest BCUT2D eigenvalue weighted by atomic mass is 9.97. The second kappa shape index (κ2) is 8.94. The minimum absolute atomic E-state index is 0.137. The highest BCUT2D eigenvalue weighted by Crippen LogP contribution is 2.36. The number of halogens is 2. The van der Waals surface area contributed by atoms with E-state index in [1.165, 1.54) is 24.4 Å². The van der Waals surface area contributed by atoms with Gasteiger partial charge in [0.1, 0.15) is 45.2 Å². The number of ketones is 1. The summed E-state index contributed by atoms with van der Waals surface area (Å²) in [6, 6.07) is 5.38. The molecule has 0 amide bonds. The van der Waals surface area contributed by atoms with Gasteiger partial charge in [-0.1, -0.05) is 6.07 Å². The summed E-state index contributed by atoms with van der Waals surface area (Å²) in [5, 5.41) is 0. The summed E-state index contributed by atoms with van der Waals surface area (Å²) < 4.78 is 49.0. The third kappa shape index (κ3) is 4.35. The van der Waals surface area contributed by atoms with E-state index in [1.54, 1.807) is 11.2 Å². The molecule has 0 saturated heterocycles. The largest absolute Gasteiger partial charge is 0.292 e. The Morgan fingerprint density at radius 1 is 1.30 bits per heavy atom. The van der Waals surface area contributed by atoms with Gasteiger partial charge in [-0.3, -0.25) is 24.1 Å². The lowest BCUT2D eigenvalue weighted by Gasteiger charge is -2.39. The van der Waals surface area contributed by atoms with Crippen LogP contribution in [0.5, 0.6) is 0 Å². The molecule has 8 nitrogen and oxygen atoms in total. The van der Waals surface area contributed by atoms with Crippen LogP contribution in [-0.2, 0) is 21.9 Å². The van der Waals surface area contributed by atoms with E-state index >= 15 is 0 Å². The molecule has 2 aromatic rings. The Hall–Kier alpha value is -3.26. The van der Waals surface area contributed by atoms with Gasteiger partial charge < -0.3 is 0 Å². The number of pyridine rings is 2. The molecule has 0 saturated carbocycles. The van der Waals surface area contributed by atoms with E-state index in [9.17, 15) is 17.8 Å². The summed E-state index contributed by atoms with van der Waals surface area (Å²) >= 11 is 0. The van der Waals surface area contributed by atoms with Crippen molar-refractivity contribution in [1.82, 2.24) is 14.3 Å². The van der Waals surface area contributed by atoms with Gasteiger partial charge in [0.05, 0.1) is 25.3 Å². The van der Waals surface area contributed by atoms with Crippen LogP contribution >= 0.6 is 0 Å². The first-order valence-electron chi connectivity index (χ1n) is 10.4. The van der Waals surface area contributed by atoms with Crippen LogP contribution in [0.2, 0.25) is 0 Å². The summed E-state index contributed by atoms with van der Waals surface area (Å²) in [7, 11) is -3.01. The van der Waals surface area contributed by atoms with Gasteiger partial charge in [-0.2, -0.15) is 0 Å². The highest BCUT2D eigenvalue weighted by Gasteiger charge is 2.46. The normalized spacial score (nSPS) is 24.7. The standard InChI is InChI=1S/C22H22F2N6O2S/c1-15-29-22(13-23,14-33(32)27-9-3-4-10-30(15)33)21-18(24)7-5-16(28-21)11-20(31)19-8-6-17(25-2)12-26-19/h5-8,12H,3-4,9-11,13-14H2,1H3/t22-,33-/m0/s1. The van der Waals surface area contributed by atoms with Crippen LogP contribution < -0.4 is 0 Å². The summed E-state index contributed by atoms with van der Waals surface area (Å²) in [6.45, 7) is 8.35. The molecule has 2 atom stereocenters. The predicted octanol–water partition coefficient (Wildman–Crippen LogP) is 3.67. The second-order valence-electron chi connectivity index (χ2n) is 7.98. The first-order chi connectivity index (χ1) is 15.8. The summed E-state index contributed by atoms with van der Waals surface area (Å²) in [6.07, 6.45) is 2.64. The number of carbonyl (C=O) groups excluding carboxylic acids is 1. The van der Waals surface area contributed by atoms with Crippen LogP contribution in [0.3, 0.4) is 0 Å². The number of carbonyl (C=O) groups is 1. The van der Waals surface area contributed by atoms with Gasteiger partial charge in [0, 0.05) is 18.4 Å². The lowest BCUT2D eigenvalue weighted by Crippen LogP contribution is -2.50. The summed E-state index contributed by atoms with van der Waals surface area (Å²) in [5.41, 5.74) is -1.42. The molecule has 2 aliphatic rings. The Morgan fingerprint density at radius 3 is 2.82 bits per heavy atom. The molecule has 0 fully saturated rings. The fourth-order valence-electron chi connectivity index (χ4n) is 4.02. The molecule has 33 heavy (non-hydrogen) atoms. The first kappa shape index (κ1) is 22.9. The quantitative estimate of drug-likeness (QED) is 0.490. The number of Topliss-reactive ketones (excluding diaryl/α,β-unsaturated/α-hetero) is 1. The number of hydrogen-bond acceptors (Lipinski definition) is 6. The van der Waals surface area contributed by atoms with Crippen molar-refractivity contribution in [2.75, 3.05) is 25.5 Å². The van der Waals surface area contributed by atoms with E-state index in [1.807, 2.05) is 0 Å². The third-order valence-electron chi connectivity index (χ3n) is 5.64. The third-order valence-corrected chi connectivity index (χ3v) is 8.22. The maximum atomic E-state index is 14.9. The molecule has 4 heterocycles. The molecule has 2 aromatic heterocycles. The van der Waals surface area contributed by atoms with E-state index in [0.717, 1.165) is 18.9 Å². The Morgan fingerprint density at radius 2 is 2.12 bits per heavy atom. The van der Waals surface area contributed by atoms with E-state index in [4.69, 9.17) is 6.57 Å². The van der Waals surface area contributed by atoms with Crippen molar-refractivity contribution >= 4 is 27.2 Å². The SMILES string of the molecule is [C-]#[N+]c1ccc(C(=O)Cc2ccc(F)c([C@]3(CF)C[S@]4(=O)=NCCCCN4C(C)=N3)n2)nc1. The Labute approximate surface area is 190 Å². The number of nitrogens with zero attached hydrogens (tertiary/aromatic N) is 6. The molecule has 0 bridgehead atoms. The zero-order valence-electron chi connectivity index (χ0n) is 18.0. The van der Waals surface area contributed by atoms with Crippen LogP contribution in [0.15, 0.2) is 39.8 Å². The van der Waals surface area contributed by atoms with Crippen molar-refractivity contribution in [3.8, 4) is 0 Å². The van der Waals surface area contributed by atoms with Crippen molar-refractivity contribution < 1.29 is 17.8 Å². The molecule has 172 valence electrons. The van der Waals surface area contributed by atoms with Crippen LogP contribution in [0, 0.1) is 12.4 Å². The number of rotatable bonds is 5. The number of alkyl halides is 1. The van der Waals surface area contributed by atoms with E-state index in [0.29, 0.717) is 24.6 Å². The Balaban J connectivity index is 1.71. The minimum atomic E-state index is -3.01. The molecule has 11 heteroatoms. The van der Waals surface area contributed by atoms with Gasteiger partial charge in [0.2, 0.25) is 5.69 Å². The second-order valence-corrected chi connectivity index (χ2v) is 10.2. The number of aromatic nitrogens is 2. The van der Waals surface area contributed by atoms with E-state index in [2.05, 4.69) is 24.2 Å². The van der Waals surface area contributed by atoms with Crippen LogP contribution in [0.4, 0.5) is 14.5 Å². The maximum Gasteiger partial charge on any atom is 0.205 e. The van der Waals surface area contributed by atoms with Crippen molar-refractivity contribution in [2.45, 2.75) is 31.7 Å². The fraction of sp³-hybridized carbons (Fsp3) is 0.409. The number of hydrogen-bond donors (Lipinski definition) is 0. The van der Waals surface area contributed by atoms with Crippen molar-refractivity contribution in [2.24, 2.45) is 9.36 Å². The molecule has 0 N–H and O–H groups in total. The zero-order valence-corrected chi connectivity index (χ0v) is 18.8. The van der Waals surface area contributed by atoms with Gasteiger partial charge in [-0.05, 0) is 38.0 Å². The molecule has 0 aliphatic carbocycles. The highest BCUT2D eigenvalue weighted by atomic mass is 32.2.